The van der Waals surface area contributed by atoms with E-state index in [1.54, 1.807) is 4.90 Å². The van der Waals surface area contributed by atoms with Gasteiger partial charge in [0.1, 0.15) is 11.5 Å². The highest BCUT2D eigenvalue weighted by Crippen LogP contribution is 2.47. The minimum Gasteiger partial charge on any atom is -0.490 e. The SMILES string of the molecule is CCCCOc1c(Cl)cc(C(=O)N(Cc2ccc(C3CC3C)o2)C2CCS(=O)(=O)C2)cc1Cl. The quantitative estimate of drug-likeness (QED) is 0.400. The molecule has 3 unspecified atom stereocenters. The zero-order valence-corrected chi connectivity index (χ0v) is 21.2. The fraction of sp³-hybridized carbons (Fsp3) is 0.542. The number of rotatable bonds is 9. The molecule has 2 fully saturated rings. The molecule has 1 saturated heterocycles. The first-order valence-electron chi connectivity index (χ1n) is 11.4. The van der Waals surface area contributed by atoms with Crippen molar-refractivity contribution in [2.24, 2.45) is 5.92 Å². The van der Waals surface area contributed by atoms with Crippen molar-refractivity contribution in [2.45, 2.75) is 58.0 Å². The van der Waals surface area contributed by atoms with Gasteiger partial charge in [0.15, 0.2) is 15.6 Å². The highest BCUT2D eigenvalue weighted by Gasteiger charge is 2.38. The van der Waals surface area contributed by atoms with Crippen LogP contribution in [0.4, 0.5) is 0 Å². The summed E-state index contributed by atoms with van der Waals surface area (Å²) in [6, 6.07) is 6.46. The van der Waals surface area contributed by atoms with Gasteiger partial charge in [-0.05, 0) is 49.4 Å². The molecule has 1 aliphatic heterocycles. The molecular weight excluding hydrogens is 485 g/mol. The molecule has 4 rings (SSSR count). The van der Waals surface area contributed by atoms with Gasteiger partial charge in [-0.15, -0.1) is 0 Å². The van der Waals surface area contributed by atoms with Gasteiger partial charge in [-0.3, -0.25) is 4.79 Å². The molecule has 0 bridgehead atoms. The van der Waals surface area contributed by atoms with Gasteiger partial charge in [-0.2, -0.15) is 0 Å². The van der Waals surface area contributed by atoms with E-state index < -0.39 is 15.9 Å². The summed E-state index contributed by atoms with van der Waals surface area (Å²) in [7, 11) is -3.19. The minimum atomic E-state index is -3.19. The number of furan rings is 1. The molecule has 1 saturated carbocycles. The summed E-state index contributed by atoms with van der Waals surface area (Å²) in [5.74, 6) is 2.60. The van der Waals surface area contributed by atoms with Crippen LogP contribution in [0.1, 0.15) is 67.3 Å². The molecule has 33 heavy (non-hydrogen) atoms. The molecule has 9 heteroatoms. The second kappa shape index (κ2) is 9.88. The third-order valence-electron chi connectivity index (χ3n) is 6.38. The molecule has 2 heterocycles. The topological polar surface area (TPSA) is 76.8 Å². The van der Waals surface area contributed by atoms with E-state index in [-0.39, 0.29) is 34.0 Å². The van der Waals surface area contributed by atoms with E-state index in [1.807, 2.05) is 12.1 Å². The maximum atomic E-state index is 13.6. The number of benzene rings is 1. The standard InChI is InChI=1S/C24H29Cl2NO5S/c1-3-4-8-31-23-20(25)11-16(12-21(23)26)24(28)27(17-7-9-33(29,30)14-17)13-18-5-6-22(32-18)19-10-15(19)2/h5-6,11-12,15,17,19H,3-4,7-10,13-14H2,1-2H3. The van der Waals surface area contributed by atoms with Gasteiger partial charge >= 0.3 is 0 Å². The van der Waals surface area contributed by atoms with Gasteiger partial charge < -0.3 is 14.1 Å². The predicted molar refractivity (Wildman–Crippen MR) is 129 cm³/mol. The number of carbonyl (C=O) groups is 1. The van der Waals surface area contributed by atoms with Crippen molar-refractivity contribution in [2.75, 3.05) is 18.1 Å². The Morgan fingerprint density at radius 2 is 1.94 bits per heavy atom. The van der Waals surface area contributed by atoms with E-state index in [2.05, 4.69) is 13.8 Å². The van der Waals surface area contributed by atoms with Crippen molar-refractivity contribution in [1.29, 1.82) is 0 Å². The van der Waals surface area contributed by atoms with Crippen LogP contribution in [0.5, 0.6) is 5.75 Å². The summed E-state index contributed by atoms with van der Waals surface area (Å²) >= 11 is 12.8. The average Bonchev–Trinajstić information content (AvgIpc) is 3.14. The van der Waals surface area contributed by atoms with Crippen LogP contribution in [0.15, 0.2) is 28.7 Å². The number of halogens is 2. The summed E-state index contributed by atoms with van der Waals surface area (Å²) in [6.45, 7) is 4.90. The number of amides is 1. The van der Waals surface area contributed by atoms with Crippen LogP contribution in [0.25, 0.3) is 0 Å². The maximum absolute atomic E-state index is 13.6. The number of hydrogen-bond donors (Lipinski definition) is 0. The molecule has 3 atom stereocenters. The number of carbonyl (C=O) groups excluding carboxylic acids is 1. The summed E-state index contributed by atoms with van der Waals surface area (Å²) in [6.07, 6.45) is 3.32. The molecule has 2 aromatic rings. The summed E-state index contributed by atoms with van der Waals surface area (Å²) in [5, 5.41) is 0.507. The number of nitrogens with zero attached hydrogens (tertiary/aromatic N) is 1. The maximum Gasteiger partial charge on any atom is 0.254 e. The smallest absolute Gasteiger partial charge is 0.254 e. The van der Waals surface area contributed by atoms with Crippen molar-refractivity contribution in [1.82, 2.24) is 4.90 Å². The van der Waals surface area contributed by atoms with E-state index in [0.717, 1.165) is 25.0 Å². The van der Waals surface area contributed by atoms with Crippen molar-refractivity contribution < 1.29 is 22.4 Å². The average molecular weight is 514 g/mol. The molecule has 2 aliphatic rings. The van der Waals surface area contributed by atoms with Gasteiger partial charge in [0.05, 0.1) is 34.7 Å². The van der Waals surface area contributed by atoms with Gasteiger partial charge in [0.2, 0.25) is 0 Å². The molecule has 0 radical (unpaired) electrons. The third-order valence-corrected chi connectivity index (χ3v) is 8.69. The van der Waals surface area contributed by atoms with Crippen LogP contribution in [0.2, 0.25) is 10.0 Å². The van der Waals surface area contributed by atoms with Gasteiger partial charge in [0.25, 0.3) is 5.91 Å². The lowest BCUT2D eigenvalue weighted by atomic mass is 10.1. The molecule has 6 nitrogen and oxygen atoms in total. The van der Waals surface area contributed by atoms with E-state index in [9.17, 15) is 13.2 Å². The molecule has 1 aliphatic carbocycles. The monoisotopic (exact) mass is 513 g/mol. The fourth-order valence-corrected chi connectivity index (χ4v) is 6.59. The molecule has 0 N–H and O–H groups in total. The molecule has 1 aromatic carbocycles. The molecule has 1 amide bonds. The first-order valence-corrected chi connectivity index (χ1v) is 14.0. The first kappa shape index (κ1) is 24.4. The lowest BCUT2D eigenvalue weighted by Gasteiger charge is -2.28. The van der Waals surface area contributed by atoms with Crippen LogP contribution in [0, 0.1) is 5.92 Å². The van der Waals surface area contributed by atoms with E-state index in [4.69, 9.17) is 32.4 Å². The second-order valence-electron chi connectivity index (χ2n) is 9.08. The predicted octanol–water partition coefficient (Wildman–Crippen LogP) is 5.72. The Bertz CT molecular complexity index is 1110. The third kappa shape index (κ3) is 5.69. The van der Waals surface area contributed by atoms with Crippen LogP contribution in [0.3, 0.4) is 0 Å². The number of unbranched alkanes of at least 4 members (excludes halogenated alkanes) is 1. The summed E-state index contributed by atoms with van der Waals surface area (Å²) < 4.78 is 36.0. The van der Waals surface area contributed by atoms with E-state index >= 15 is 0 Å². The number of sulfone groups is 1. The Morgan fingerprint density at radius 3 is 2.52 bits per heavy atom. The lowest BCUT2D eigenvalue weighted by Crippen LogP contribution is -2.40. The summed E-state index contributed by atoms with van der Waals surface area (Å²) in [4.78, 5) is 15.1. The van der Waals surface area contributed by atoms with Gasteiger partial charge in [-0.1, -0.05) is 43.5 Å². The molecule has 1 aromatic heterocycles. The first-order chi connectivity index (χ1) is 15.7. The highest BCUT2D eigenvalue weighted by molar-refractivity contribution is 7.91. The Morgan fingerprint density at radius 1 is 1.24 bits per heavy atom. The van der Waals surface area contributed by atoms with E-state index in [1.165, 1.54) is 12.1 Å². The minimum absolute atomic E-state index is 0.0638. The Labute approximate surface area is 205 Å². The fourth-order valence-electron chi connectivity index (χ4n) is 4.26. The van der Waals surface area contributed by atoms with Crippen molar-refractivity contribution >= 4 is 38.9 Å². The van der Waals surface area contributed by atoms with Crippen LogP contribution in [-0.2, 0) is 16.4 Å². The van der Waals surface area contributed by atoms with Crippen molar-refractivity contribution in [3.8, 4) is 5.75 Å². The zero-order valence-electron chi connectivity index (χ0n) is 18.9. The highest BCUT2D eigenvalue weighted by atomic mass is 35.5. The van der Waals surface area contributed by atoms with Crippen LogP contribution < -0.4 is 4.74 Å². The normalized spacial score (nSPS) is 23.5. The number of ether oxygens (including phenoxy) is 1. The lowest BCUT2D eigenvalue weighted by molar-refractivity contribution is 0.0665. The molecule has 180 valence electrons. The van der Waals surface area contributed by atoms with Crippen molar-refractivity contribution in [3.05, 3.63) is 51.4 Å². The zero-order chi connectivity index (χ0) is 23.8. The summed E-state index contributed by atoms with van der Waals surface area (Å²) in [5.41, 5.74) is 0.291. The van der Waals surface area contributed by atoms with Crippen LogP contribution in [-0.4, -0.2) is 43.4 Å². The van der Waals surface area contributed by atoms with Gasteiger partial charge in [-0.25, -0.2) is 8.42 Å². The number of hydrogen-bond acceptors (Lipinski definition) is 5. The van der Waals surface area contributed by atoms with Gasteiger partial charge in [0, 0.05) is 17.5 Å². The van der Waals surface area contributed by atoms with E-state index in [0.29, 0.717) is 41.9 Å². The molecular formula is C24H29Cl2NO5S. The Hall–Kier alpha value is -1.70. The Kier molecular flexibility index (Phi) is 7.32. The molecule has 0 spiro atoms. The van der Waals surface area contributed by atoms with Crippen molar-refractivity contribution in [3.63, 3.8) is 0 Å². The Balaban J connectivity index is 1.58. The second-order valence-corrected chi connectivity index (χ2v) is 12.1. The largest absolute Gasteiger partial charge is 0.490 e. The van der Waals surface area contributed by atoms with Crippen LogP contribution >= 0.6 is 23.2 Å².